The highest BCUT2D eigenvalue weighted by molar-refractivity contribution is 5.91. The SMILES string of the molecule is C[C@H](Oc1cc(N2C[C@H](C)N[C@@H](C)C2)nc(-c2onc3c2CCC[C@@]32CCCCC2=O)n1)[C@@H]1CCCN1C. The van der Waals surface area contributed by atoms with Crippen molar-refractivity contribution in [3.63, 3.8) is 0 Å². The normalized spacial score (nSPS) is 31.0. The van der Waals surface area contributed by atoms with Gasteiger partial charge in [0, 0.05) is 49.3 Å². The van der Waals surface area contributed by atoms with Gasteiger partial charge in [0.05, 0.1) is 5.41 Å². The Morgan fingerprint density at radius 3 is 2.63 bits per heavy atom. The number of aromatic nitrogens is 3. The molecule has 4 heterocycles. The summed E-state index contributed by atoms with van der Waals surface area (Å²) in [4.78, 5) is 27.8. The molecule has 1 spiro atoms. The van der Waals surface area contributed by atoms with Gasteiger partial charge in [0.25, 0.3) is 0 Å². The lowest BCUT2D eigenvalue weighted by molar-refractivity contribution is -0.127. The van der Waals surface area contributed by atoms with Crippen molar-refractivity contribution < 1.29 is 14.1 Å². The molecular weight excluding hydrogens is 480 g/mol. The van der Waals surface area contributed by atoms with Crippen molar-refractivity contribution in [1.82, 2.24) is 25.3 Å². The maximum Gasteiger partial charge on any atom is 0.219 e. The number of ether oxygens (including phenoxy) is 1. The third-order valence-electron chi connectivity index (χ3n) is 9.26. The molecule has 0 aromatic carbocycles. The molecule has 0 bridgehead atoms. The average Bonchev–Trinajstić information content (AvgIpc) is 3.52. The van der Waals surface area contributed by atoms with Crippen LogP contribution in [0.3, 0.4) is 0 Å². The van der Waals surface area contributed by atoms with E-state index in [-0.39, 0.29) is 6.10 Å². The summed E-state index contributed by atoms with van der Waals surface area (Å²) in [5.41, 5.74) is 1.36. The number of fused-ring (bicyclic) bond motifs is 2. The van der Waals surface area contributed by atoms with E-state index in [0.717, 1.165) is 81.7 Å². The lowest BCUT2D eigenvalue weighted by atomic mass is 9.64. The molecule has 0 radical (unpaired) electrons. The highest BCUT2D eigenvalue weighted by atomic mass is 16.5. The van der Waals surface area contributed by atoms with Crippen molar-refractivity contribution in [3.8, 4) is 17.5 Å². The van der Waals surface area contributed by atoms with Crippen LogP contribution in [-0.2, 0) is 16.6 Å². The molecule has 1 saturated carbocycles. The van der Waals surface area contributed by atoms with Crippen LogP contribution in [0, 0.1) is 0 Å². The topological polar surface area (TPSA) is 96.6 Å². The minimum Gasteiger partial charge on any atom is -0.473 e. The van der Waals surface area contributed by atoms with Gasteiger partial charge < -0.3 is 19.5 Å². The summed E-state index contributed by atoms with van der Waals surface area (Å²) in [5, 5.41) is 8.15. The van der Waals surface area contributed by atoms with Crippen molar-refractivity contribution in [2.24, 2.45) is 0 Å². The van der Waals surface area contributed by atoms with E-state index in [1.54, 1.807) is 0 Å². The number of likely N-dealkylation sites (N-methyl/N-ethyl adjacent to an activating group) is 1. The lowest BCUT2D eigenvalue weighted by Gasteiger charge is -2.37. The van der Waals surface area contributed by atoms with E-state index in [2.05, 4.69) is 48.1 Å². The first-order valence-electron chi connectivity index (χ1n) is 14.6. The van der Waals surface area contributed by atoms with Crippen LogP contribution >= 0.6 is 0 Å². The third kappa shape index (κ3) is 4.62. The maximum absolute atomic E-state index is 13.2. The van der Waals surface area contributed by atoms with Gasteiger partial charge in [-0.15, -0.1) is 0 Å². The van der Waals surface area contributed by atoms with Crippen LogP contribution in [-0.4, -0.2) is 76.7 Å². The van der Waals surface area contributed by atoms with Crippen molar-refractivity contribution in [2.75, 3.05) is 31.6 Å². The molecule has 2 aromatic heterocycles. The maximum atomic E-state index is 13.2. The van der Waals surface area contributed by atoms with Gasteiger partial charge >= 0.3 is 0 Å². The van der Waals surface area contributed by atoms with Crippen LogP contribution in [0.5, 0.6) is 5.88 Å². The van der Waals surface area contributed by atoms with Gasteiger partial charge in [0.1, 0.15) is 23.4 Å². The van der Waals surface area contributed by atoms with Crippen LogP contribution in [0.2, 0.25) is 0 Å². The first-order chi connectivity index (χ1) is 18.3. The molecule has 0 amide bonds. The number of hydrogen-bond acceptors (Lipinski definition) is 9. The first-order valence-corrected chi connectivity index (χ1v) is 14.6. The summed E-state index contributed by atoms with van der Waals surface area (Å²) in [6, 6.07) is 3.05. The number of rotatable bonds is 5. The number of hydrogen-bond donors (Lipinski definition) is 1. The number of carbonyl (C=O) groups excluding carboxylic acids is 1. The minimum absolute atomic E-state index is 0.00532. The smallest absolute Gasteiger partial charge is 0.219 e. The van der Waals surface area contributed by atoms with Gasteiger partial charge in [-0.25, -0.2) is 4.98 Å². The molecule has 2 aliphatic carbocycles. The summed E-state index contributed by atoms with van der Waals surface area (Å²) in [6.07, 6.45) is 8.51. The van der Waals surface area contributed by atoms with Gasteiger partial charge in [0.2, 0.25) is 17.5 Å². The highest BCUT2D eigenvalue weighted by Gasteiger charge is 2.48. The van der Waals surface area contributed by atoms with Crippen LogP contribution in [0.1, 0.15) is 83.4 Å². The highest BCUT2D eigenvalue weighted by Crippen LogP contribution is 2.47. The number of piperazine rings is 1. The monoisotopic (exact) mass is 522 g/mol. The molecule has 1 N–H and O–H groups in total. The fraction of sp³-hybridized carbons (Fsp3) is 0.724. The second-order valence-corrected chi connectivity index (χ2v) is 12.2. The van der Waals surface area contributed by atoms with Crippen LogP contribution in [0.15, 0.2) is 10.6 Å². The van der Waals surface area contributed by atoms with Crippen LogP contribution < -0.4 is 15.0 Å². The molecule has 38 heavy (non-hydrogen) atoms. The average molecular weight is 523 g/mol. The quantitative estimate of drug-likeness (QED) is 0.627. The van der Waals surface area contributed by atoms with E-state index >= 15 is 0 Å². The number of likely N-dealkylation sites (tertiary alicyclic amines) is 1. The second-order valence-electron chi connectivity index (χ2n) is 12.2. The molecule has 0 unspecified atom stereocenters. The molecule has 2 aromatic rings. The Kier molecular flexibility index (Phi) is 6.93. The molecule has 3 fully saturated rings. The van der Waals surface area contributed by atoms with E-state index in [1.807, 2.05) is 6.07 Å². The predicted octanol–water partition coefficient (Wildman–Crippen LogP) is 3.90. The molecule has 6 rings (SSSR count). The number of carbonyl (C=O) groups is 1. The Morgan fingerprint density at radius 1 is 1.11 bits per heavy atom. The van der Waals surface area contributed by atoms with Gasteiger partial charge in [-0.2, -0.15) is 4.98 Å². The number of nitrogens with one attached hydrogen (secondary N) is 1. The Labute approximate surface area is 225 Å². The molecule has 9 nitrogen and oxygen atoms in total. The molecule has 2 aliphatic heterocycles. The third-order valence-corrected chi connectivity index (χ3v) is 9.26. The van der Waals surface area contributed by atoms with Crippen LogP contribution in [0.4, 0.5) is 5.82 Å². The molecular formula is C29H42N6O3. The van der Waals surface area contributed by atoms with Gasteiger partial charge in [0.15, 0.2) is 0 Å². The fourth-order valence-corrected chi connectivity index (χ4v) is 7.43. The second kappa shape index (κ2) is 10.2. The molecule has 2 saturated heterocycles. The zero-order valence-electron chi connectivity index (χ0n) is 23.3. The summed E-state index contributed by atoms with van der Waals surface area (Å²) >= 11 is 0. The minimum atomic E-state index is -0.491. The summed E-state index contributed by atoms with van der Waals surface area (Å²) < 4.78 is 12.5. The van der Waals surface area contributed by atoms with E-state index in [0.29, 0.717) is 47.8 Å². The Balaban J connectivity index is 1.39. The number of anilines is 1. The first kappa shape index (κ1) is 25.7. The van der Waals surface area contributed by atoms with Gasteiger partial charge in [-0.05, 0) is 79.3 Å². The largest absolute Gasteiger partial charge is 0.473 e. The van der Waals surface area contributed by atoms with Crippen molar-refractivity contribution in [1.29, 1.82) is 0 Å². The van der Waals surface area contributed by atoms with E-state index < -0.39 is 5.41 Å². The van der Waals surface area contributed by atoms with Crippen molar-refractivity contribution >= 4 is 11.6 Å². The van der Waals surface area contributed by atoms with E-state index in [9.17, 15) is 4.79 Å². The molecule has 5 atom stereocenters. The molecule has 9 heteroatoms. The lowest BCUT2D eigenvalue weighted by Crippen LogP contribution is -2.54. The summed E-state index contributed by atoms with van der Waals surface area (Å²) in [7, 11) is 2.17. The summed E-state index contributed by atoms with van der Waals surface area (Å²) in [6.45, 7) is 9.35. The number of Topliss-reactive ketones (excluding diaryl/α,β-unsaturated/α-hetero) is 1. The zero-order valence-corrected chi connectivity index (χ0v) is 23.3. The summed E-state index contributed by atoms with van der Waals surface area (Å²) in [5.74, 6) is 2.85. The van der Waals surface area contributed by atoms with E-state index in [1.165, 1.54) is 6.42 Å². The zero-order chi connectivity index (χ0) is 26.4. The van der Waals surface area contributed by atoms with Gasteiger partial charge in [-0.1, -0.05) is 11.6 Å². The Hall–Kier alpha value is -2.52. The van der Waals surface area contributed by atoms with E-state index in [4.69, 9.17) is 19.2 Å². The molecule has 4 aliphatic rings. The van der Waals surface area contributed by atoms with Crippen molar-refractivity contribution in [3.05, 3.63) is 17.3 Å². The number of ketones is 1. The Bertz CT molecular complexity index is 1170. The Morgan fingerprint density at radius 2 is 1.89 bits per heavy atom. The standard InChI is InChI=1S/C29H42N6O3/c1-18-16-35(17-19(2)30-18)24-15-25(37-20(3)22-10-8-14-34(22)4)32-28(31-24)26-21-9-7-13-29(27(21)33-38-26)12-6-5-11-23(29)36/h15,18-20,22,30H,5-14,16-17H2,1-4H3/t18-,19-,20-,22-,29+/m0/s1. The fourth-order valence-electron chi connectivity index (χ4n) is 7.43. The van der Waals surface area contributed by atoms with Crippen LogP contribution in [0.25, 0.3) is 11.6 Å². The molecule has 206 valence electrons. The number of nitrogens with zero attached hydrogens (tertiary/aromatic N) is 5. The van der Waals surface area contributed by atoms with Gasteiger partial charge in [-0.3, -0.25) is 9.69 Å². The predicted molar refractivity (Wildman–Crippen MR) is 146 cm³/mol. The van der Waals surface area contributed by atoms with Crippen molar-refractivity contribution in [2.45, 2.75) is 108 Å².